The summed E-state index contributed by atoms with van der Waals surface area (Å²) in [6.45, 7) is 15.9. The Bertz CT molecular complexity index is 212. The van der Waals surface area contributed by atoms with Gasteiger partial charge in [-0.3, -0.25) is 0 Å². The zero-order chi connectivity index (χ0) is 10.3. The van der Waals surface area contributed by atoms with Crippen LogP contribution in [0.25, 0.3) is 0 Å². The molecule has 0 spiro atoms. The molecular formula is C13H24. The molecule has 1 aliphatic carbocycles. The second kappa shape index (κ2) is 3.15. The average Bonchev–Trinajstić information content (AvgIpc) is 1.79. The first-order chi connectivity index (χ1) is 5.75. The molecular weight excluding hydrogens is 156 g/mol. The van der Waals surface area contributed by atoms with E-state index >= 15 is 0 Å². The van der Waals surface area contributed by atoms with Crippen molar-refractivity contribution >= 4 is 0 Å². The molecule has 0 N–H and O–H groups in total. The highest BCUT2D eigenvalue weighted by Gasteiger charge is 2.39. The van der Waals surface area contributed by atoms with E-state index in [1.165, 1.54) is 24.8 Å². The minimum atomic E-state index is 0.390. The smallest absolute Gasteiger partial charge is 0.0114 e. The first-order valence-electron chi connectivity index (χ1n) is 5.41. The fourth-order valence-electron chi connectivity index (χ4n) is 3.31. The molecule has 1 aliphatic rings. The van der Waals surface area contributed by atoms with Crippen molar-refractivity contribution in [2.45, 2.75) is 53.9 Å². The van der Waals surface area contributed by atoms with Crippen molar-refractivity contribution < 1.29 is 0 Å². The van der Waals surface area contributed by atoms with Crippen molar-refractivity contribution in [1.29, 1.82) is 0 Å². The van der Waals surface area contributed by atoms with E-state index in [0.29, 0.717) is 10.8 Å². The number of hydrogen-bond donors (Lipinski definition) is 0. The summed E-state index contributed by atoms with van der Waals surface area (Å²) >= 11 is 0. The molecule has 0 aliphatic heterocycles. The van der Waals surface area contributed by atoms with Gasteiger partial charge in [0.05, 0.1) is 0 Å². The third-order valence-corrected chi connectivity index (χ3v) is 3.60. The summed E-state index contributed by atoms with van der Waals surface area (Å²) < 4.78 is 0. The van der Waals surface area contributed by atoms with Gasteiger partial charge in [-0.2, -0.15) is 0 Å². The Kier molecular flexibility index (Phi) is 2.62. The largest absolute Gasteiger partial charge is 0.0996 e. The van der Waals surface area contributed by atoms with E-state index in [-0.39, 0.29) is 0 Å². The monoisotopic (exact) mass is 180 g/mol. The van der Waals surface area contributed by atoms with E-state index in [0.717, 1.165) is 5.92 Å². The van der Waals surface area contributed by atoms with Crippen LogP contribution >= 0.6 is 0 Å². The van der Waals surface area contributed by atoms with Crippen LogP contribution in [0, 0.1) is 16.7 Å². The first kappa shape index (κ1) is 10.8. The molecule has 0 bridgehead atoms. The lowest BCUT2D eigenvalue weighted by Gasteiger charge is -2.46. The Morgan fingerprint density at radius 1 is 1.23 bits per heavy atom. The summed E-state index contributed by atoms with van der Waals surface area (Å²) in [7, 11) is 0. The van der Waals surface area contributed by atoms with Gasteiger partial charge in [-0.25, -0.2) is 0 Å². The van der Waals surface area contributed by atoms with Gasteiger partial charge in [0.1, 0.15) is 0 Å². The quantitative estimate of drug-likeness (QED) is 0.524. The number of allylic oxidation sites excluding steroid dienone is 1. The topological polar surface area (TPSA) is 0 Å². The van der Waals surface area contributed by atoms with E-state index in [1.54, 1.807) is 0 Å². The van der Waals surface area contributed by atoms with Gasteiger partial charge in [-0.1, -0.05) is 39.8 Å². The standard InChI is InChI=1S/C13H24/c1-10(2)13(6)8-11(3)7-12(4,5)9-13/h11H,1,7-9H2,2-6H3. The Morgan fingerprint density at radius 3 is 2.15 bits per heavy atom. The molecule has 76 valence electrons. The molecule has 0 heterocycles. The normalized spacial score (nSPS) is 38.7. The van der Waals surface area contributed by atoms with Crippen LogP contribution in [-0.2, 0) is 0 Å². The predicted molar refractivity (Wildman–Crippen MR) is 59.7 cm³/mol. The molecule has 0 aromatic heterocycles. The van der Waals surface area contributed by atoms with Crippen LogP contribution in [-0.4, -0.2) is 0 Å². The van der Waals surface area contributed by atoms with Crippen LogP contribution in [0.5, 0.6) is 0 Å². The van der Waals surface area contributed by atoms with E-state index < -0.39 is 0 Å². The summed E-state index contributed by atoms with van der Waals surface area (Å²) in [5.74, 6) is 0.852. The second-order valence-corrected chi connectivity index (χ2v) is 6.20. The summed E-state index contributed by atoms with van der Waals surface area (Å²) in [5, 5.41) is 0. The summed E-state index contributed by atoms with van der Waals surface area (Å²) in [6.07, 6.45) is 4.00. The van der Waals surface area contributed by atoms with Gasteiger partial charge in [0.25, 0.3) is 0 Å². The van der Waals surface area contributed by atoms with Gasteiger partial charge < -0.3 is 0 Å². The molecule has 1 saturated carbocycles. The second-order valence-electron chi connectivity index (χ2n) is 6.20. The Balaban J connectivity index is 2.84. The summed E-state index contributed by atoms with van der Waals surface area (Å²) in [5.41, 5.74) is 2.26. The van der Waals surface area contributed by atoms with Crippen LogP contribution in [0.15, 0.2) is 12.2 Å². The molecule has 0 heteroatoms. The lowest BCUT2D eigenvalue weighted by molar-refractivity contribution is 0.0878. The van der Waals surface area contributed by atoms with Gasteiger partial charge in [0, 0.05) is 0 Å². The molecule has 0 nitrogen and oxygen atoms in total. The maximum absolute atomic E-state index is 4.15. The molecule has 2 atom stereocenters. The van der Waals surface area contributed by atoms with Crippen molar-refractivity contribution in [3.8, 4) is 0 Å². The SMILES string of the molecule is C=C(C)C1(C)CC(C)CC(C)(C)C1. The minimum Gasteiger partial charge on any atom is -0.0996 e. The lowest BCUT2D eigenvalue weighted by atomic mass is 9.59. The summed E-state index contributed by atoms with van der Waals surface area (Å²) in [4.78, 5) is 0. The molecule has 0 saturated heterocycles. The first-order valence-corrected chi connectivity index (χ1v) is 5.41. The maximum Gasteiger partial charge on any atom is -0.0114 e. The van der Waals surface area contributed by atoms with Crippen molar-refractivity contribution in [3.05, 3.63) is 12.2 Å². The van der Waals surface area contributed by atoms with Gasteiger partial charge in [-0.05, 0) is 42.9 Å². The average molecular weight is 180 g/mol. The minimum absolute atomic E-state index is 0.390. The highest BCUT2D eigenvalue weighted by atomic mass is 14.4. The fourth-order valence-corrected chi connectivity index (χ4v) is 3.31. The van der Waals surface area contributed by atoms with E-state index in [2.05, 4.69) is 41.2 Å². The van der Waals surface area contributed by atoms with Gasteiger partial charge >= 0.3 is 0 Å². The molecule has 13 heavy (non-hydrogen) atoms. The van der Waals surface area contributed by atoms with Gasteiger partial charge in [0.15, 0.2) is 0 Å². The van der Waals surface area contributed by atoms with Crippen LogP contribution in [0.4, 0.5) is 0 Å². The van der Waals surface area contributed by atoms with Crippen LogP contribution < -0.4 is 0 Å². The van der Waals surface area contributed by atoms with Crippen LogP contribution in [0.3, 0.4) is 0 Å². The van der Waals surface area contributed by atoms with Crippen molar-refractivity contribution in [1.82, 2.24) is 0 Å². The Labute approximate surface area is 83.4 Å². The maximum atomic E-state index is 4.15. The highest BCUT2D eigenvalue weighted by Crippen LogP contribution is 2.51. The fraction of sp³-hybridized carbons (Fsp3) is 0.846. The summed E-state index contributed by atoms with van der Waals surface area (Å²) in [6, 6.07) is 0. The molecule has 0 amide bonds. The lowest BCUT2D eigenvalue weighted by Crippen LogP contribution is -2.35. The number of hydrogen-bond acceptors (Lipinski definition) is 0. The third kappa shape index (κ3) is 2.36. The Hall–Kier alpha value is -0.260. The Morgan fingerprint density at radius 2 is 1.77 bits per heavy atom. The predicted octanol–water partition coefficient (Wildman–Crippen LogP) is 4.42. The van der Waals surface area contributed by atoms with Crippen molar-refractivity contribution in [2.24, 2.45) is 16.7 Å². The zero-order valence-corrected chi connectivity index (χ0v) is 9.91. The highest BCUT2D eigenvalue weighted by molar-refractivity contribution is 5.09. The third-order valence-electron chi connectivity index (χ3n) is 3.60. The molecule has 0 aromatic rings. The molecule has 1 fully saturated rings. The van der Waals surface area contributed by atoms with E-state index in [9.17, 15) is 0 Å². The van der Waals surface area contributed by atoms with Gasteiger partial charge in [-0.15, -0.1) is 0 Å². The van der Waals surface area contributed by atoms with Gasteiger partial charge in [0.2, 0.25) is 0 Å². The molecule has 0 radical (unpaired) electrons. The zero-order valence-electron chi connectivity index (χ0n) is 9.91. The number of rotatable bonds is 1. The molecule has 1 rings (SSSR count). The van der Waals surface area contributed by atoms with E-state index in [1.807, 2.05) is 0 Å². The van der Waals surface area contributed by atoms with Crippen molar-refractivity contribution in [3.63, 3.8) is 0 Å². The van der Waals surface area contributed by atoms with Crippen LogP contribution in [0.1, 0.15) is 53.9 Å². The van der Waals surface area contributed by atoms with Crippen LogP contribution in [0.2, 0.25) is 0 Å². The molecule has 2 unspecified atom stereocenters. The van der Waals surface area contributed by atoms with E-state index in [4.69, 9.17) is 0 Å². The van der Waals surface area contributed by atoms with Crippen molar-refractivity contribution in [2.75, 3.05) is 0 Å². The molecule has 0 aromatic carbocycles.